The first-order valence-corrected chi connectivity index (χ1v) is 8.12. The minimum Gasteiger partial charge on any atom is -0.374 e. The van der Waals surface area contributed by atoms with Gasteiger partial charge in [0, 0.05) is 11.3 Å². The van der Waals surface area contributed by atoms with Crippen molar-refractivity contribution in [3.8, 4) is 0 Å². The summed E-state index contributed by atoms with van der Waals surface area (Å²) in [7, 11) is 0. The van der Waals surface area contributed by atoms with Crippen molar-refractivity contribution in [2.45, 2.75) is 19.9 Å². The summed E-state index contributed by atoms with van der Waals surface area (Å²) in [4.78, 5) is 11.1. The van der Waals surface area contributed by atoms with Crippen LogP contribution in [-0.4, -0.2) is 6.29 Å². The summed E-state index contributed by atoms with van der Waals surface area (Å²) in [6, 6.07) is 24.9. The van der Waals surface area contributed by atoms with Crippen LogP contribution in [0.2, 0.25) is 0 Å². The number of nitrogens with one attached hydrogen (secondary N) is 1. The Morgan fingerprint density at radius 2 is 1.32 bits per heavy atom. The Bertz CT molecular complexity index is 792. The number of hydrogen-bond acceptors (Lipinski definition) is 2. The molecule has 0 amide bonds. The van der Waals surface area contributed by atoms with Gasteiger partial charge in [-0.25, -0.2) is 0 Å². The van der Waals surface area contributed by atoms with Crippen LogP contribution in [0, 0.1) is 13.8 Å². The summed E-state index contributed by atoms with van der Waals surface area (Å²) in [5.74, 6) is 0. The lowest BCUT2D eigenvalue weighted by atomic mass is 9.97. The van der Waals surface area contributed by atoms with Crippen molar-refractivity contribution < 1.29 is 4.79 Å². The SMILES string of the molecule is Cc1cc(NC(c2ccccc2)c2ccccc2)c(C)cc1C=O.Cl. The summed E-state index contributed by atoms with van der Waals surface area (Å²) in [6.07, 6.45) is 0.915. The second-order valence-electron chi connectivity index (χ2n) is 6.04. The average molecular weight is 352 g/mol. The van der Waals surface area contributed by atoms with Gasteiger partial charge in [0.15, 0.2) is 0 Å². The number of carbonyl (C=O) groups excluding carboxylic acids is 1. The molecule has 0 saturated carbocycles. The molecule has 1 N–H and O–H groups in total. The fourth-order valence-corrected chi connectivity index (χ4v) is 2.93. The number of anilines is 1. The van der Waals surface area contributed by atoms with E-state index in [4.69, 9.17) is 0 Å². The maximum atomic E-state index is 11.1. The standard InChI is InChI=1S/C22H21NO.ClH/c1-16-14-21(17(2)13-20(16)15-24)23-22(18-9-5-3-6-10-18)19-11-7-4-8-12-19;/h3-15,22-23H,1-2H3;1H. The fraction of sp³-hybridized carbons (Fsp3) is 0.136. The Balaban J connectivity index is 0.00000225. The van der Waals surface area contributed by atoms with Gasteiger partial charge in [-0.2, -0.15) is 0 Å². The normalized spacial score (nSPS) is 10.2. The van der Waals surface area contributed by atoms with Crippen molar-refractivity contribution in [2.24, 2.45) is 0 Å². The highest BCUT2D eigenvalue weighted by atomic mass is 35.5. The van der Waals surface area contributed by atoms with Gasteiger partial charge < -0.3 is 5.32 Å². The zero-order valence-electron chi connectivity index (χ0n) is 14.4. The zero-order chi connectivity index (χ0) is 16.9. The monoisotopic (exact) mass is 351 g/mol. The van der Waals surface area contributed by atoms with E-state index in [9.17, 15) is 4.79 Å². The Hall–Kier alpha value is -2.58. The molecule has 0 fully saturated rings. The third-order valence-electron chi connectivity index (χ3n) is 4.31. The van der Waals surface area contributed by atoms with Crippen LogP contribution in [0.4, 0.5) is 5.69 Å². The Kier molecular flexibility index (Phi) is 6.37. The van der Waals surface area contributed by atoms with Gasteiger partial charge in [0.1, 0.15) is 6.29 Å². The molecule has 0 bridgehead atoms. The predicted octanol–water partition coefficient (Wildman–Crippen LogP) is 5.74. The van der Waals surface area contributed by atoms with Crippen molar-refractivity contribution >= 4 is 24.4 Å². The van der Waals surface area contributed by atoms with Gasteiger partial charge in [0.05, 0.1) is 6.04 Å². The van der Waals surface area contributed by atoms with Gasteiger partial charge in [-0.3, -0.25) is 4.79 Å². The molecule has 0 radical (unpaired) electrons. The number of carbonyl (C=O) groups is 1. The average Bonchev–Trinajstić information content (AvgIpc) is 2.63. The second-order valence-corrected chi connectivity index (χ2v) is 6.04. The molecule has 3 aromatic rings. The first-order valence-electron chi connectivity index (χ1n) is 8.12. The molecule has 2 nitrogen and oxygen atoms in total. The van der Waals surface area contributed by atoms with Gasteiger partial charge in [-0.05, 0) is 48.2 Å². The first kappa shape index (κ1) is 18.8. The van der Waals surface area contributed by atoms with E-state index in [0.717, 1.165) is 28.7 Å². The molecule has 0 heterocycles. The van der Waals surface area contributed by atoms with E-state index < -0.39 is 0 Å². The van der Waals surface area contributed by atoms with Crippen molar-refractivity contribution in [3.05, 3.63) is 101 Å². The number of aldehydes is 1. The van der Waals surface area contributed by atoms with Gasteiger partial charge in [-0.1, -0.05) is 60.7 Å². The quantitative estimate of drug-likeness (QED) is 0.594. The minimum atomic E-state index is 0. The van der Waals surface area contributed by atoms with Crippen molar-refractivity contribution in [3.63, 3.8) is 0 Å². The van der Waals surface area contributed by atoms with Crippen molar-refractivity contribution in [1.82, 2.24) is 0 Å². The molecule has 0 aromatic heterocycles. The van der Waals surface area contributed by atoms with Gasteiger partial charge in [-0.15, -0.1) is 12.4 Å². The third-order valence-corrected chi connectivity index (χ3v) is 4.31. The largest absolute Gasteiger partial charge is 0.374 e. The summed E-state index contributed by atoms with van der Waals surface area (Å²) < 4.78 is 0. The lowest BCUT2D eigenvalue weighted by Crippen LogP contribution is -2.13. The number of halogens is 1. The van der Waals surface area contributed by atoms with Gasteiger partial charge in [0.25, 0.3) is 0 Å². The number of benzene rings is 3. The maximum Gasteiger partial charge on any atom is 0.150 e. The molecule has 0 atom stereocenters. The highest BCUT2D eigenvalue weighted by Gasteiger charge is 2.15. The predicted molar refractivity (Wildman–Crippen MR) is 107 cm³/mol. The highest BCUT2D eigenvalue weighted by molar-refractivity contribution is 5.85. The molecular weight excluding hydrogens is 330 g/mol. The topological polar surface area (TPSA) is 29.1 Å². The zero-order valence-corrected chi connectivity index (χ0v) is 15.2. The van der Waals surface area contributed by atoms with E-state index in [2.05, 4.69) is 59.9 Å². The van der Waals surface area contributed by atoms with Crippen LogP contribution in [0.15, 0.2) is 72.8 Å². The molecule has 0 unspecified atom stereocenters. The lowest BCUT2D eigenvalue weighted by Gasteiger charge is -2.23. The van der Waals surface area contributed by atoms with E-state index in [-0.39, 0.29) is 18.4 Å². The van der Waals surface area contributed by atoms with Crippen LogP contribution in [0.1, 0.15) is 38.7 Å². The van der Waals surface area contributed by atoms with E-state index >= 15 is 0 Å². The molecule has 3 rings (SSSR count). The molecule has 0 aliphatic heterocycles. The number of rotatable bonds is 5. The summed E-state index contributed by atoms with van der Waals surface area (Å²) >= 11 is 0. The number of aryl methyl sites for hydroxylation is 2. The van der Waals surface area contributed by atoms with E-state index in [1.165, 1.54) is 11.1 Å². The van der Waals surface area contributed by atoms with Gasteiger partial charge in [0.2, 0.25) is 0 Å². The van der Waals surface area contributed by atoms with Crippen molar-refractivity contribution in [2.75, 3.05) is 5.32 Å². The van der Waals surface area contributed by atoms with E-state index in [1.54, 1.807) is 0 Å². The summed E-state index contributed by atoms with van der Waals surface area (Å²) in [5.41, 5.74) is 6.27. The highest BCUT2D eigenvalue weighted by Crippen LogP contribution is 2.29. The Morgan fingerprint density at radius 1 is 0.800 bits per heavy atom. The number of hydrogen-bond donors (Lipinski definition) is 1. The van der Waals surface area contributed by atoms with Gasteiger partial charge >= 0.3 is 0 Å². The van der Waals surface area contributed by atoms with E-state index in [0.29, 0.717) is 0 Å². The molecule has 0 aliphatic carbocycles. The molecule has 0 saturated heterocycles. The van der Waals surface area contributed by atoms with Crippen LogP contribution in [0.3, 0.4) is 0 Å². The van der Waals surface area contributed by atoms with Crippen molar-refractivity contribution in [1.29, 1.82) is 0 Å². The smallest absolute Gasteiger partial charge is 0.150 e. The molecular formula is C22H22ClNO. The lowest BCUT2D eigenvalue weighted by molar-refractivity contribution is 0.112. The van der Waals surface area contributed by atoms with Crippen LogP contribution in [-0.2, 0) is 0 Å². The van der Waals surface area contributed by atoms with Crippen LogP contribution in [0.5, 0.6) is 0 Å². The fourth-order valence-electron chi connectivity index (χ4n) is 2.93. The maximum absolute atomic E-state index is 11.1. The Morgan fingerprint density at radius 3 is 1.80 bits per heavy atom. The summed E-state index contributed by atoms with van der Waals surface area (Å²) in [6.45, 7) is 4.00. The van der Waals surface area contributed by atoms with E-state index in [1.807, 2.05) is 32.0 Å². The third kappa shape index (κ3) is 4.28. The molecule has 25 heavy (non-hydrogen) atoms. The summed E-state index contributed by atoms with van der Waals surface area (Å²) in [5, 5.41) is 3.66. The molecule has 3 heteroatoms. The first-order chi connectivity index (χ1) is 11.7. The molecule has 3 aromatic carbocycles. The Labute approximate surface area is 155 Å². The van der Waals surface area contributed by atoms with Crippen LogP contribution < -0.4 is 5.32 Å². The van der Waals surface area contributed by atoms with Crippen LogP contribution in [0.25, 0.3) is 0 Å². The van der Waals surface area contributed by atoms with Crippen LogP contribution >= 0.6 is 12.4 Å². The molecule has 128 valence electrons. The minimum absolute atomic E-state index is 0. The second kappa shape index (κ2) is 8.50. The molecule has 0 aliphatic rings. The molecule has 0 spiro atoms.